The molecular weight excluding hydrogens is 494 g/mol. The number of nitrogens with zero attached hydrogens (tertiary/aromatic N) is 3. The highest BCUT2D eigenvalue weighted by atomic mass is 32.2. The van der Waals surface area contributed by atoms with Crippen molar-refractivity contribution in [3.63, 3.8) is 0 Å². The van der Waals surface area contributed by atoms with Crippen molar-refractivity contribution < 1.29 is 4.79 Å². The van der Waals surface area contributed by atoms with Crippen LogP contribution in [0.3, 0.4) is 0 Å². The molecule has 6 heteroatoms. The summed E-state index contributed by atoms with van der Waals surface area (Å²) in [5.74, 6) is 0.0976. The zero-order valence-electron chi connectivity index (χ0n) is 23.6. The zero-order valence-corrected chi connectivity index (χ0v) is 25.2. The van der Waals surface area contributed by atoms with E-state index in [0.717, 1.165) is 28.1 Å². The zero-order chi connectivity index (χ0) is 26.3. The molecule has 2 heterocycles. The van der Waals surface area contributed by atoms with Crippen molar-refractivity contribution in [2.75, 3.05) is 25.0 Å². The summed E-state index contributed by atoms with van der Waals surface area (Å²) < 4.78 is 0. The molecule has 4 nitrogen and oxygen atoms in total. The third-order valence-electron chi connectivity index (χ3n) is 7.37. The minimum Gasteiger partial charge on any atom is -0.337 e. The van der Waals surface area contributed by atoms with E-state index in [1.807, 2.05) is 11.8 Å². The highest BCUT2D eigenvalue weighted by Crippen LogP contribution is 2.49. The van der Waals surface area contributed by atoms with Gasteiger partial charge in [-0.2, -0.15) is 0 Å². The van der Waals surface area contributed by atoms with Crippen molar-refractivity contribution in [2.45, 2.75) is 121 Å². The first-order valence-corrected chi connectivity index (χ1v) is 16.6. The lowest BCUT2D eigenvalue weighted by Gasteiger charge is -2.15. The molecule has 0 unspecified atom stereocenters. The van der Waals surface area contributed by atoms with Crippen molar-refractivity contribution in [1.29, 1.82) is 0 Å². The van der Waals surface area contributed by atoms with Gasteiger partial charge in [-0.25, -0.2) is 0 Å². The van der Waals surface area contributed by atoms with Gasteiger partial charge < -0.3 is 4.90 Å². The van der Waals surface area contributed by atoms with Crippen molar-refractivity contribution in [2.24, 2.45) is 4.99 Å². The largest absolute Gasteiger partial charge is 0.337 e. The molecule has 0 N–H and O–H groups in total. The number of amides is 1. The first-order valence-electron chi connectivity index (χ1n) is 15.0. The second-order valence-corrected chi connectivity index (χ2v) is 12.4. The standard InChI is InChI=1S/C31H49N3OS2/c1-4-6-7-8-9-10-11-12-13-14-15-16-17-18-19-22-25-32-31-34(5-2)29(35)28(37-31)30-33(3)26-23-20-21-24-27(26)36-30/h20-21,23-24H,4-19,22,25H2,1-3H3/b30-28-,32-31?. The number of thioether (sulfide) groups is 2. The number of hydrogen-bond acceptors (Lipinski definition) is 5. The molecule has 0 aromatic heterocycles. The molecule has 1 aromatic rings. The molecule has 0 radical (unpaired) electrons. The number of carbonyl (C=O) groups is 1. The summed E-state index contributed by atoms with van der Waals surface area (Å²) in [6.07, 6.45) is 22.0. The van der Waals surface area contributed by atoms with E-state index in [1.54, 1.807) is 23.5 Å². The second-order valence-electron chi connectivity index (χ2n) is 10.4. The molecule has 1 amide bonds. The number of fused-ring (bicyclic) bond motifs is 1. The Morgan fingerprint density at radius 2 is 1.27 bits per heavy atom. The molecule has 206 valence electrons. The van der Waals surface area contributed by atoms with Crippen LogP contribution in [0.1, 0.15) is 117 Å². The molecule has 2 aliphatic heterocycles. The molecule has 37 heavy (non-hydrogen) atoms. The molecule has 1 fully saturated rings. The number of benzene rings is 1. The Morgan fingerprint density at radius 1 is 0.730 bits per heavy atom. The first kappa shape index (κ1) is 30.1. The number of unbranched alkanes of at least 4 members (excludes halogenated alkanes) is 15. The van der Waals surface area contributed by atoms with Crippen LogP contribution in [-0.2, 0) is 4.79 Å². The van der Waals surface area contributed by atoms with Gasteiger partial charge in [-0.05, 0) is 37.2 Å². The summed E-state index contributed by atoms with van der Waals surface area (Å²) >= 11 is 3.25. The van der Waals surface area contributed by atoms with Crippen molar-refractivity contribution >= 4 is 40.3 Å². The van der Waals surface area contributed by atoms with Crippen LogP contribution in [0.2, 0.25) is 0 Å². The SMILES string of the molecule is CCCCCCCCCCCCCCCCCCN=C1S/C(=C2\Sc3ccccc3N2C)C(=O)N1CC. The predicted octanol–water partition coefficient (Wildman–Crippen LogP) is 9.61. The van der Waals surface area contributed by atoms with E-state index in [0.29, 0.717) is 6.54 Å². The smallest absolute Gasteiger partial charge is 0.269 e. The van der Waals surface area contributed by atoms with Gasteiger partial charge in [-0.3, -0.25) is 14.7 Å². The lowest BCUT2D eigenvalue weighted by Crippen LogP contribution is -2.29. The van der Waals surface area contributed by atoms with Crippen LogP contribution < -0.4 is 4.90 Å². The Balaban J connectivity index is 1.26. The fraction of sp³-hybridized carbons (Fsp3) is 0.677. The van der Waals surface area contributed by atoms with E-state index < -0.39 is 0 Å². The third-order valence-corrected chi connectivity index (χ3v) is 9.84. The molecule has 2 aliphatic rings. The van der Waals surface area contributed by atoms with E-state index in [9.17, 15) is 4.79 Å². The lowest BCUT2D eigenvalue weighted by molar-refractivity contribution is -0.122. The number of aliphatic imine (C=N–C) groups is 1. The van der Waals surface area contributed by atoms with E-state index in [2.05, 4.69) is 43.1 Å². The third kappa shape index (κ3) is 9.38. The Kier molecular flexibility index (Phi) is 14.0. The minimum absolute atomic E-state index is 0.0976. The Labute approximate surface area is 235 Å². The van der Waals surface area contributed by atoms with E-state index >= 15 is 0 Å². The van der Waals surface area contributed by atoms with E-state index in [1.165, 1.54) is 107 Å². The van der Waals surface area contributed by atoms with Crippen LogP contribution >= 0.6 is 23.5 Å². The van der Waals surface area contributed by atoms with Gasteiger partial charge in [0.1, 0.15) is 4.91 Å². The van der Waals surface area contributed by atoms with Crippen molar-refractivity contribution in [1.82, 2.24) is 4.90 Å². The minimum atomic E-state index is 0.0976. The second kappa shape index (κ2) is 17.2. The number of amidine groups is 1. The van der Waals surface area contributed by atoms with Gasteiger partial charge in [0.2, 0.25) is 0 Å². The van der Waals surface area contributed by atoms with Crippen LogP contribution in [0.25, 0.3) is 0 Å². The van der Waals surface area contributed by atoms with Gasteiger partial charge in [0, 0.05) is 25.0 Å². The molecule has 0 atom stereocenters. The molecular formula is C31H49N3OS2. The molecule has 0 bridgehead atoms. The Bertz CT molecular complexity index is 898. The first-order chi connectivity index (χ1) is 18.2. The van der Waals surface area contributed by atoms with Gasteiger partial charge in [0.25, 0.3) is 5.91 Å². The van der Waals surface area contributed by atoms with Gasteiger partial charge in [0.05, 0.1) is 10.7 Å². The number of carbonyl (C=O) groups excluding carboxylic acids is 1. The van der Waals surface area contributed by atoms with Gasteiger partial charge in [-0.15, -0.1) is 0 Å². The topological polar surface area (TPSA) is 35.9 Å². The monoisotopic (exact) mass is 543 g/mol. The fourth-order valence-corrected chi connectivity index (χ4v) is 7.48. The van der Waals surface area contributed by atoms with E-state index in [-0.39, 0.29) is 5.91 Å². The van der Waals surface area contributed by atoms with Crippen molar-refractivity contribution in [3.8, 4) is 0 Å². The van der Waals surface area contributed by atoms with Crippen LogP contribution in [-0.4, -0.2) is 36.1 Å². The maximum atomic E-state index is 13.1. The quantitative estimate of drug-likeness (QED) is 0.136. The van der Waals surface area contributed by atoms with Gasteiger partial charge >= 0.3 is 0 Å². The Morgan fingerprint density at radius 3 is 1.81 bits per heavy atom. The maximum Gasteiger partial charge on any atom is 0.269 e. The summed E-state index contributed by atoms with van der Waals surface area (Å²) in [7, 11) is 2.05. The predicted molar refractivity (Wildman–Crippen MR) is 165 cm³/mol. The average Bonchev–Trinajstić information content (AvgIpc) is 3.41. The normalized spacial score (nSPS) is 18.5. The molecule has 1 aromatic carbocycles. The van der Waals surface area contributed by atoms with Gasteiger partial charge in [-0.1, -0.05) is 127 Å². The summed E-state index contributed by atoms with van der Waals surface area (Å²) in [5.41, 5.74) is 1.17. The number of likely N-dealkylation sites (N-methyl/N-ethyl adjacent to an activating group) is 1. The summed E-state index contributed by atoms with van der Waals surface area (Å²) in [6, 6.07) is 8.35. The molecule has 3 rings (SSSR count). The number of rotatable bonds is 18. The van der Waals surface area contributed by atoms with Crippen molar-refractivity contribution in [3.05, 3.63) is 34.2 Å². The summed E-state index contributed by atoms with van der Waals surface area (Å²) in [5, 5.41) is 1.91. The average molecular weight is 544 g/mol. The Hall–Kier alpha value is -1.40. The van der Waals surface area contributed by atoms with Crippen LogP contribution in [0.4, 0.5) is 5.69 Å². The molecule has 0 aliphatic carbocycles. The number of para-hydroxylation sites is 1. The van der Waals surface area contributed by atoms with Crippen LogP contribution in [0.15, 0.2) is 44.1 Å². The molecule has 0 saturated carbocycles. The fourth-order valence-electron chi connectivity index (χ4n) is 5.07. The maximum absolute atomic E-state index is 13.1. The highest BCUT2D eigenvalue weighted by molar-refractivity contribution is 8.19. The van der Waals surface area contributed by atoms with E-state index in [4.69, 9.17) is 4.99 Å². The lowest BCUT2D eigenvalue weighted by atomic mass is 10.0. The van der Waals surface area contributed by atoms with Crippen LogP contribution in [0.5, 0.6) is 0 Å². The summed E-state index contributed by atoms with van der Waals surface area (Å²) in [4.78, 5) is 24.0. The van der Waals surface area contributed by atoms with Gasteiger partial charge in [0.15, 0.2) is 5.17 Å². The molecule has 0 spiro atoms. The number of hydrogen-bond donors (Lipinski definition) is 0. The summed E-state index contributed by atoms with van der Waals surface area (Å²) in [6.45, 7) is 5.81. The number of anilines is 1. The highest BCUT2D eigenvalue weighted by Gasteiger charge is 2.38. The van der Waals surface area contributed by atoms with Crippen LogP contribution in [0, 0.1) is 0 Å². The molecule has 1 saturated heterocycles.